The standard InChI is InChI=1S/C25H24ClN5O4/c1-4-35-25(32)23-21(13-14-29-17(3)27-15-22(29)31(33)34)24(20-8-6-5-7-16(20)2)30(28-23)19-11-9-18(26)10-12-19/h5-12,15H,4,13-14H2,1-3H3. The third-order valence-corrected chi connectivity index (χ3v) is 5.98. The molecule has 4 aromatic rings. The monoisotopic (exact) mass is 493 g/mol. The van der Waals surface area contributed by atoms with Gasteiger partial charge in [-0.2, -0.15) is 5.10 Å². The number of hydrogen-bond donors (Lipinski definition) is 0. The molecule has 0 aliphatic heterocycles. The normalized spacial score (nSPS) is 11.0. The van der Waals surface area contributed by atoms with Gasteiger partial charge in [0.15, 0.2) is 11.5 Å². The van der Waals surface area contributed by atoms with Gasteiger partial charge in [0.05, 0.1) is 24.5 Å². The lowest BCUT2D eigenvalue weighted by Gasteiger charge is -2.13. The van der Waals surface area contributed by atoms with E-state index in [1.54, 1.807) is 30.7 Å². The lowest BCUT2D eigenvalue weighted by atomic mass is 9.99. The Balaban J connectivity index is 1.93. The molecule has 0 fully saturated rings. The summed E-state index contributed by atoms with van der Waals surface area (Å²) in [7, 11) is 0. The second kappa shape index (κ2) is 10.1. The molecule has 180 valence electrons. The minimum atomic E-state index is -0.554. The minimum Gasteiger partial charge on any atom is -0.461 e. The molecule has 2 heterocycles. The van der Waals surface area contributed by atoms with Crippen molar-refractivity contribution >= 4 is 23.4 Å². The summed E-state index contributed by atoms with van der Waals surface area (Å²) in [5.74, 6) is -0.151. The highest BCUT2D eigenvalue weighted by molar-refractivity contribution is 6.30. The highest BCUT2D eigenvalue weighted by Gasteiger charge is 2.28. The largest absolute Gasteiger partial charge is 0.461 e. The van der Waals surface area contributed by atoms with Gasteiger partial charge >= 0.3 is 11.8 Å². The molecular formula is C25H24ClN5O4. The molecule has 0 N–H and O–H groups in total. The number of imidazole rings is 1. The SMILES string of the molecule is CCOC(=O)c1nn(-c2ccc(Cl)cc2)c(-c2ccccc2C)c1CCn1c([N+](=O)[O-])cnc1C. The molecule has 0 saturated heterocycles. The lowest BCUT2D eigenvalue weighted by Crippen LogP contribution is -2.12. The van der Waals surface area contributed by atoms with E-state index in [0.717, 1.165) is 11.1 Å². The second-order valence-electron chi connectivity index (χ2n) is 7.92. The van der Waals surface area contributed by atoms with Crippen molar-refractivity contribution in [3.05, 3.63) is 92.5 Å². The molecule has 0 unspecified atom stereocenters. The average Bonchev–Trinajstić information content (AvgIpc) is 3.39. The maximum Gasteiger partial charge on any atom is 0.359 e. The number of carbonyl (C=O) groups is 1. The van der Waals surface area contributed by atoms with Gasteiger partial charge < -0.3 is 14.9 Å². The summed E-state index contributed by atoms with van der Waals surface area (Å²) in [5, 5.41) is 16.7. The van der Waals surface area contributed by atoms with Crippen LogP contribution in [0.5, 0.6) is 0 Å². The van der Waals surface area contributed by atoms with Gasteiger partial charge in [0.25, 0.3) is 0 Å². The van der Waals surface area contributed by atoms with Crippen molar-refractivity contribution in [2.75, 3.05) is 6.61 Å². The second-order valence-corrected chi connectivity index (χ2v) is 8.36. The predicted molar refractivity (Wildman–Crippen MR) is 132 cm³/mol. The summed E-state index contributed by atoms with van der Waals surface area (Å²) in [6, 6.07) is 14.9. The van der Waals surface area contributed by atoms with E-state index >= 15 is 0 Å². The van der Waals surface area contributed by atoms with Crippen molar-refractivity contribution in [3.63, 3.8) is 0 Å². The van der Waals surface area contributed by atoms with Crippen LogP contribution in [0.15, 0.2) is 54.7 Å². The average molecular weight is 494 g/mol. The molecule has 2 aromatic carbocycles. The van der Waals surface area contributed by atoms with E-state index in [4.69, 9.17) is 16.3 Å². The first-order valence-electron chi connectivity index (χ1n) is 11.1. The molecule has 0 aliphatic carbocycles. The zero-order valence-electron chi connectivity index (χ0n) is 19.6. The molecule has 0 atom stereocenters. The van der Waals surface area contributed by atoms with Gasteiger partial charge in [-0.1, -0.05) is 35.9 Å². The number of rotatable bonds is 8. The first-order valence-corrected chi connectivity index (χ1v) is 11.5. The molecule has 0 radical (unpaired) electrons. The maximum atomic E-state index is 13.0. The maximum absolute atomic E-state index is 13.0. The number of hydrogen-bond acceptors (Lipinski definition) is 6. The Morgan fingerprint density at radius 2 is 1.86 bits per heavy atom. The van der Waals surface area contributed by atoms with Crippen LogP contribution in [0.1, 0.15) is 34.4 Å². The molecule has 0 saturated carbocycles. The number of halogens is 1. The Morgan fingerprint density at radius 3 is 2.51 bits per heavy atom. The van der Waals surface area contributed by atoms with Gasteiger partial charge in [-0.25, -0.2) is 19.0 Å². The summed E-state index contributed by atoms with van der Waals surface area (Å²) < 4.78 is 8.55. The number of benzene rings is 2. The Morgan fingerprint density at radius 1 is 1.14 bits per heavy atom. The van der Waals surface area contributed by atoms with Crippen LogP contribution in [-0.4, -0.2) is 36.8 Å². The first kappa shape index (κ1) is 24.2. The molecule has 4 rings (SSSR count). The summed E-state index contributed by atoms with van der Waals surface area (Å²) in [4.78, 5) is 28.1. The van der Waals surface area contributed by atoms with Gasteiger partial charge in [-0.05, 0) is 48.6 Å². The van der Waals surface area contributed by atoms with Crippen LogP contribution in [0.3, 0.4) is 0 Å². The topological polar surface area (TPSA) is 105 Å². The van der Waals surface area contributed by atoms with Gasteiger partial charge in [0.1, 0.15) is 6.20 Å². The Bertz CT molecular complexity index is 1390. The van der Waals surface area contributed by atoms with E-state index in [2.05, 4.69) is 10.1 Å². The Labute approximate surface area is 207 Å². The van der Waals surface area contributed by atoms with Crippen LogP contribution >= 0.6 is 11.6 Å². The van der Waals surface area contributed by atoms with Gasteiger partial charge in [0, 0.05) is 29.5 Å². The zero-order valence-corrected chi connectivity index (χ0v) is 20.3. The molecule has 9 nitrogen and oxygen atoms in total. The number of nitrogens with zero attached hydrogens (tertiary/aromatic N) is 5. The summed E-state index contributed by atoms with van der Waals surface area (Å²) in [6.07, 6.45) is 1.53. The van der Waals surface area contributed by atoms with Gasteiger partial charge in [-0.15, -0.1) is 0 Å². The molecule has 0 amide bonds. The molecule has 0 aliphatic rings. The quantitative estimate of drug-likeness (QED) is 0.186. The minimum absolute atomic E-state index is 0.109. The summed E-state index contributed by atoms with van der Waals surface area (Å²) in [5.41, 5.74) is 4.11. The number of aryl methyl sites for hydroxylation is 2. The van der Waals surface area contributed by atoms with Crippen molar-refractivity contribution in [1.29, 1.82) is 0 Å². The number of nitro groups is 1. The number of ether oxygens (including phenoxy) is 1. The van der Waals surface area contributed by atoms with E-state index in [-0.39, 0.29) is 24.7 Å². The molecule has 0 bridgehead atoms. The van der Waals surface area contributed by atoms with Crippen molar-refractivity contribution in [2.45, 2.75) is 33.7 Å². The fourth-order valence-electron chi connectivity index (χ4n) is 4.04. The van der Waals surface area contributed by atoms with Crippen LogP contribution in [0, 0.1) is 24.0 Å². The molecule has 2 aromatic heterocycles. The van der Waals surface area contributed by atoms with Crippen LogP contribution in [0.25, 0.3) is 16.9 Å². The fraction of sp³-hybridized carbons (Fsp3) is 0.240. The molecular weight excluding hydrogens is 470 g/mol. The molecule has 0 spiro atoms. The fourth-order valence-corrected chi connectivity index (χ4v) is 4.16. The number of esters is 1. The van der Waals surface area contributed by atoms with Crippen LogP contribution < -0.4 is 0 Å². The Kier molecular flexibility index (Phi) is 6.97. The van der Waals surface area contributed by atoms with E-state index in [1.807, 2.05) is 43.3 Å². The summed E-state index contributed by atoms with van der Waals surface area (Å²) in [6.45, 7) is 5.84. The number of carbonyl (C=O) groups excluding carboxylic acids is 1. The third kappa shape index (κ3) is 4.81. The highest BCUT2D eigenvalue weighted by Crippen LogP contribution is 2.33. The van der Waals surface area contributed by atoms with E-state index in [0.29, 0.717) is 34.2 Å². The molecule has 35 heavy (non-hydrogen) atoms. The van der Waals surface area contributed by atoms with Crippen molar-refractivity contribution in [1.82, 2.24) is 19.3 Å². The van der Waals surface area contributed by atoms with E-state index in [1.165, 1.54) is 10.8 Å². The predicted octanol–water partition coefficient (Wildman–Crippen LogP) is 5.33. The van der Waals surface area contributed by atoms with Crippen LogP contribution in [0.2, 0.25) is 5.02 Å². The smallest absolute Gasteiger partial charge is 0.359 e. The van der Waals surface area contributed by atoms with E-state index in [9.17, 15) is 14.9 Å². The van der Waals surface area contributed by atoms with Crippen molar-refractivity contribution in [2.24, 2.45) is 0 Å². The van der Waals surface area contributed by atoms with Crippen molar-refractivity contribution < 1.29 is 14.5 Å². The molecule has 10 heteroatoms. The van der Waals surface area contributed by atoms with Crippen LogP contribution in [-0.2, 0) is 17.7 Å². The van der Waals surface area contributed by atoms with E-state index < -0.39 is 10.9 Å². The summed E-state index contributed by atoms with van der Waals surface area (Å²) >= 11 is 6.10. The zero-order chi connectivity index (χ0) is 25.1. The van der Waals surface area contributed by atoms with Gasteiger partial charge in [-0.3, -0.25) is 0 Å². The van der Waals surface area contributed by atoms with Crippen molar-refractivity contribution in [3.8, 4) is 16.9 Å². The number of aromatic nitrogens is 4. The van der Waals surface area contributed by atoms with Crippen LogP contribution in [0.4, 0.5) is 5.82 Å². The van der Waals surface area contributed by atoms with Gasteiger partial charge in [0.2, 0.25) is 0 Å². The first-order chi connectivity index (χ1) is 16.8. The Hall–Kier alpha value is -3.98. The highest BCUT2D eigenvalue weighted by atomic mass is 35.5. The lowest BCUT2D eigenvalue weighted by molar-refractivity contribution is -0.392. The third-order valence-electron chi connectivity index (χ3n) is 5.73.